The third kappa shape index (κ3) is 2.92. The van der Waals surface area contributed by atoms with Crippen molar-refractivity contribution in [1.82, 2.24) is 4.98 Å². The minimum absolute atomic E-state index is 0.128. The summed E-state index contributed by atoms with van der Waals surface area (Å²) in [6.45, 7) is 13.3. The molecule has 0 saturated heterocycles. The van der Waals surface area contributed by atoms with E-state index in [4.69, 9.17) is 4.42 Å². The van der Waals surface area contributed by atoms with E-state index in [9.17, 15) is 0 Å². The summed E-state index contributed by atoms with van der Waals surface area (Å²) in [7, 11) is 0. The molecule has 98 valence electrons. The Morgan fingerprint density at radius 2 is 1.72 bits per heavy atom. The molecule has 0 fully saturated rings. The Kier molecular flexibility index (Phi) is 3.00. The SMILES string of the molecule is CC(C)(C)Cc1cc2cc(C(C)(C)C)cnc2o1. The van der Waals surface area contributed by atoms with Gasteiger partial charge in [-0.15, -0.1) is 0 Å². The highest BCUT2D eigenvalue weighted by atomic mass is 16.3. The minimum atomic E-state index is 0.128. The van der Waals surface area contributed by atoms with E-state index in [0.29, 0.717) is 0 Å². The second kappa shape index (κ2) is 4.11. The van der Waals surface area contributed by atoms with Crippen molar-refractivity contribution in [2.75, 3.05) is 0 Å². The van der Waals surface area contributed by atoms with Crippen molar-refractivity contribution in [3.63, 3.8) is 0 Å². The Morgan fingerprint density at radius 3 is 2.28 bits per heavy atom. The van der Waals surface area contributed by atoms with Crippen LogP contribution < -0.4 is 0 Å². The fraction of sp³-hybridized carbons (Fsp3) is 0.562. The van der Waals surface area contributed by atoms with Crippen molar-refractivity contribution in [3.05, 3.63) is 29.7 Å². The van der Waals surface area contributed by atoms with Crippen LogP contribution in [-0.2, 0) is 11.8 Å². The van der Waals surface area contributed by atoms with Crippen LogP contribution in [0.4, 0.5) is 0 Å². The van der Waals surface area contributed by atoms with Gasteiger partial charge in [-0.05, 0) is 28.5 Å². The van der Waals surface area contributed by atoms with Gasteiger partial charge in [0.25, 0.3) is 0 Å². The number of furan rings is 1. The Bertz CT molecular complexity index is 552. The minimum Gasteiger partial charge on any atom is -0.443 e. The van der Waals surface area contributed by atoms with Crippen LogP contribution >= 0.6 is 0 Å². The highest BCUT2D eigenvalue weighted by Crippen LogP contribution is 2.28. The van der Waals surface area contributed by atoms with Gasteiger partial charge in [-0.3, -0.25) is 0 Å². The van der Waals surface area contributed by atoms with Crippen LogP contribution in [0.5, 0.6) is 0 Å². The number of aromatic nitrogens is 1. The molecule has 0 aliphatic rings. The zero-order chi connectivity index (χ0) is 13.6. The summed E-state index contributed by atoms with van der Waals surface area (Å²) >= 11 is 0. The van der Waals surface area contributed by atoms with Gasteiger partial charge in [0.2, 0.25) is 5.71 Å². The molecule has 0 bridgehead atoms. The maximum Gasteiger partial charge on any atom is 0.226 e. The van der Waals surface area contributed by atoms with Crippen LogP contribution in [-0.4, -0.2) is 4.98 Å². The van der Waals surface area contributed by atoms with E-state index in [-0.39, 0.29) is 10.8 Å². The highest BCUT2D eigenvalue weighted by molar-refractivity contribution is 5.75. The zero-order valence-electron chi connectivity index (χ0n) is 12.3. The number of nitrogens with zero attached hydrogens (tertiary/aromatic N) is 1. The van der Waals surface area contributed by atoms with Crippen molar-refractivity contribution in [1.29, 1.82) is 0 Å². The number of pyridine rings is 1. The predicted octanol–water partition coefficient (Wildman–Crippen LogP) is 4.71. The fourth-order valence-corrected chi connectivity index (χ4v) is 2.00. The summed E-state index contributed by atoms with van der Waals surface area (Å²) in [5.74, 6) is 1.02. The first-order chi connectivity index (χ1) is 8.15. The Balaban J connectivity index is 2.40. The molecule has 2 heterocycles. The highest BCUT2D eigenvalue weighted by Gasteiger charge is 2.18. The quantitative estimate of drug-likeness (QED) is 0.727. The molecule has 0 amide bonds. The van der Waals surface area contributed by atoms with Gasteiger partial charge >= 0.3 is 0 Å². The first-order valence-electron chi connectivity index (χ1n) is 6.54. The first-order valence-corrected chi connectivity index (χ1v) is 6.54. The normalized spacial score (nSPS) is 13.2. The number of rotatable bonds is 1. The molecule has 0 aliphatic carbocycles. The van der Waals surface area contributed by atoms with Crippen LogP contribution in [0.1, 0.15) is 52.9 Å². The lowest BCUT2D eigenvalue weighted by Crippen LogP contribution is -2.10. The van der Waals surface area contributed by atoms with Gasteiger partial charge in [-0.25, -0.2) is 4.98 Å². The van der Waals surface area contributed by atoms with Crippen molar-refractivity contribution < 1.29 is 4.42 Å². The van der Waals surface area contributed by atoms with Gasteiger partial charge in [-0.1, -0.05) is 41.5 Å². The second-order valence-corrected chi connectivity index (χ2v) is 7.32. The van der Waals surface area contributed by atoms with Crippen molar-refractivity contribution in [2.45, 2.75) is 53.4 Å². The van der Waals surface area contributed by atoms with Crippen molar-refractivity contribution in [3.8, 4) is 0 Å². The summed E-state index contributed by atoms with van der Waals surface area (Å²) < 4.78 is 5.80. The van der Waals surface area contributed by atoms with Gasteiger partial charge in [0.05, 0.1) is 0 Å². The largest absolute Gasteiger partial charge is 0.443 e. The summed E-state index contributed by atoms with van der Waals surface area (Å²) in [5.41, 5.74) is 2.36. The Hall–Kier alpha value is -1.31. The molecule has 0 atom stereocenters. The van der Waals surface area contributed by atoms with Gasteiger partial charge in [0, 0.05) is 18.0 Å². The molecule has 0 aromatic carbocycles. The van der Waals surface area contributed by atoms with Gasteiger partial charge < -0.3 is 4.42 Å². The standard InChI is InChI=1S/C16H23NO/c1-15(2,3)9-13-8-11-7-12(16(4,5)6)10-17-14(11)18-13/h7-8,10H,9H2,1-6H3. The van der Waals surface area contributed by atoms with Crippen LogP contribution in [0.15, 0.2) is 22.7 Å². The molecule has 0 aliphatic heterocycles. The van der Waals surface area contributed by atoms with E-state index in [0.717, 1.165) is 23.3 Å². The summed E-state index contributed by atoms with van der Waals surface area (Å²) in [5, 5.41) is 1.11. The van der Waals surface area contributed by atoms with Gasteiger partial charge in [0.15, 0.2) is 0 Å². The lowest BCUT2D eigenvalue weighted by Gasteiger charge is -2.17. The van der Waals surface area contributed by atoms with E-state index in [1.807, 2.05) is 6.20 Å². The van der Waals surface area contributed by atoms with E-state index in [2.05, 4.69) is 58.7 Å². The molecule has 0 spiro atoms. The molecule has 2 nitrogen and oxygen atoms in total. The van der Waals surface area contributed by atoms with Crippen molar-refractivity contribution in [2.24, 2.45) is 5.41 Å². The van der Waals surface area contributed by atoms with Crippen LogP contribution in [0.2, 0.25) is 0 Å². The lowest BCUT2D eigenvalue weighted by molar-refractivity contribution is 0.369. The molecular weight excluding hydrogens is 222 g/mol. The molecule has 0 N–H and O–H groups in total. The van der Waals surface area contributed by atoms with Gasteiger partial charge in [0.1, 0.15) is 5.76 Å². The van der Waals surface area contributed by atoms with Gasteiger partial charge in [-0.2, -0.15) is 0 Å². The Labute approximate surface area is 109 Å². The maximum absolute atomic E-state index is 5.80. The summed E-state index contributed by atoms with van der Waals surface area (Å²) in [4.78, 5) is 4.43. The molecule has 2 heteroatoms. The molecule has 2 aromatic heterocycles. The molecule has 0 saturated carbocycles. The number of hydrogen-bond acceptors (Lipinski definition) is 2. The van der Waals surface area contributed by atoms with E-state index in [1.165, 1.54) is 5.56 Å². The molecule has 0 radical (unpaired) electrons. The zero-order valence-corrected chi connectivity index (χ0v) is 12.3. The molecule has 0 unspecified atom stereocenters. The smallest absolute Gasteiger partial charge is 0.226 e. The third-order valence-corrected chi connectivity index (χ3v) is 2.99. The van der Waals surface area contributed by atoms with Crippen LogP contribution in [0.25, 0.3) is 11.1 Å². The predicted molar refractivity (Wildman–Crippen MR) is 75.9 cm³/mol. The van der Waals surface area contributed by atoms with E-state index < -0.39 is 0 Å². The molecule has 2 rings (SSSR count). The van der Waals surface area contributed by atoms with Crippen molar-refractivity contribution >= 4 is 11.1 Å². The average molecular weight is 245 g/mol. The molecule has 2 aromatic rings. The fourth-order valence-electron chi connectivity index (χ4n) is 2.00. The monoisotopic (exact) mass is 245 g/mol. The first kappa shape index (κ1) is 13.1. The number of fused-ring (bicyclic) bond motifs is 1. The van der Waals surface area contributed by atoms with E-state index in [1.54, 1.807) is 0 Å². The number of hydrogen-bond donors (Lipinski definition) is 0. The lowest BCUT2D eigenvalue weighted by atomic mass is 9.88. The topological polar surface area (TPSA) is 26.0 Å². The molecular formula is C16H23NO. The average Bonchev–Trinajstić information content (AvgIpc) is 2.53. The van der Waals surface area contributed by atoms with E-state index >= 15 is 0 Å². The Morgan fingerprint density at radius 1 is 1.06 bits per heavy atom. The molecule has 18 heavy (non-hydrogen) atoms. The third-order valence-electron chi connectivity index (χ3n) is 2.99. The summed E-state index contributed by atoms with van der Waals surface area (Å²) in [6.07, 6.45) is 2.86. The van der Waals surface area contributed by atoms with Crippen LogP contribution in [0, 0.1) is 5.41 Å². The van der Waals surface area contributed by atoms with Crippen LogP contribution in [0.3, 0.4) is 0 Å². The maximum atomic E-state index is 5.80. The summed E-state index contributed by atoms with van der Waals surface area (Å²) in [6, 6.07) is 4.32. The second-order valence-electron chi connectivity index (χ2n) is 7.32.